The Morgan fingerprint density at radius 2 is 0.778 bits per heavy atom. The molecule has 0 radical (unpaired) electrons. The van der Waals surface area contributed by atoms with E-state index in [2.05, 4.69) is 0 Å². The second kappa shape index (κ2) is 11.4. The lowest BCUT2D eigenvalue weighted by molar-refractivity contribution is -0.181. The maximum atomic E-state index is 12.8. The van der Waals surface area contributed by atoms with Crippen LogP contribution < -0.4 is 0 Å². The molecule has 3 atom stereocenters. The lowest BCUT2D eigenvalue weighted by Gasteiger charge is -2.51. The minimum absolute atomic E-state index is 0.00450. The van der Waals surface area contributed by atoms with E-state index in [0.717, 1.165) is 58.3 Å². The van der Waals surface area contributed by atoms with Gasteiger partial charge < -0.3 is 29.5 Å². The Morgan fingerprint density at radius 3 is 0.972 bits per heavy atom. The summed E-state index contributed by atoms with van der Waals surface area (Å²) in [6.07, 6.45) is 8.44. The first-order valence-electron chi connectivity index (χ1n) is 13.7. The van der Waals surface area contributed by atoms with E-state index in [0.29, 0.717) is 38.5 Å². The van der Waals surface area contributed by atoms with Crippen molar-refractivity contribution >= 4 is 17.9 Å². The summed E-state index contributed by atoms with van der Waals surface area (Å²) in [5, 5.41) is 31.5. The molecule has 3 saturated heterocycles. The van der Waals surface area contributed by atoms with Crippen molar-refractivity contribution in [2.45, 2.75) is 115 Å². The number of ether oxygens (including phenoxy) is 3. The van der Waals surface area contributed by atoms with Gasteiger partial charge in [0.05, 0.1) is 54.4 Å². The molecule has 204 valence electrons. The summed E-state index contributed by atoms with van der Waals surface area (Å²) in [6, 6.07) is 0. The summed E-state index contributed by atoms with van der Waals surface area (Å²) >= 11 is 0. The molecule has 0 amide bonds. The number of carbonyl (C=O) groups is 3. The molecule has 1 aliphatic carbocycles. The predicted molar refractivity (Wildman–Crippen MR) is 129 cm³/mol. The quantitative estimate of drug-likeness (QED) is 0.181. The van der Waals surface area contributed by atoms with Gasteiger partial charge in [-0.25, -0.2) is 0 Å². The number of carboxylic acids is 3. The van der Waals surface area contributed by atoms with Crippen molar-refractivity contribution in [3.8, 4) is 0 Å². The summed E-state index contributed by atoms with van der Waals surface area (Å²) in [7, 11) is 0. The van der Waals surface area contributed by atoms with Gasteiger partial charge in [0.25, 0.3) is 0 Å². The van der Waals surface area contributed by atoms with Crippen LogP contribution in [-0.2, 0) is 28.6 Å². The topological polar surface area (TPSA) is 149 Å². The second-order valence-corrected chi connectivity index (χ2v) is 11.9. The Labute approximate surface area is 212 Å². The van der Waals surface area contributed by atoms with Crippen molar-refractivity contribution in [3.63, 3.8) is 0 Å². The highest BCUT2D eigenvalue weighted by Crippen LogP contribution is 2.60. The van der Waals surface area contributed by atoms with Gasteiger partial charge >= 0.3 is 17.9 Å². The Kier molecular flexibility index (Phi) is 8.62. The van der Waals surface area contributed by atoms with Crippen LogP contribution in [0.5, 0.6) is 0 Å². The zero-order valence-electron chi connectivity index (χ0n) is 21.3. The monoisotopic (exact) mass is 510 g/mol. The highest BCUT2D eigenvalue weighted by Gasteiger charge is 2.62. The van der Waals surface area contributed by atoms with Gasteiger partial charge in [-0.15, -0.1) is 0 Å². The van der Waals surface area contributed by atoms with Crippen LogP contribution in [0.15, 0.2) is 0 Å². The van der Waals surface area contributed by atoms with E-state index in [9.17, 15) is 29.7 Å². The number of hydrogen-bond acceptors (Lipinski definition) is 6. The van der Waals surface area contributed by atoms with E-state index in [4.69, 9.17) is 14.2 Å². The summed E-state index contributed by atoms with van der Waals surface area (Å²) in [6.45, 7) is 2.23. The molecular formula is C27H42O9. The number of rotatable bonds is 18. The number of hydrogen-bond donors (Lipinski definition) is 3. The van der Waals surface area contributed by atoms with Gasteiger partial charge in [0.1, 0.15) is 0 Å². The number of unbranched alkanes of at least 4 members (excludes halogenated alkanes) is 3. The first-order valence-corrected chi connectivity index (χ1v) is 13.7. The average molecular weight is 511 g/mol. The molecule has 0 spiro atoms. The molecule has 4 aliphatic rings. The Morgan fingerprint density at radius 1 is 0.528 bits per heavy atom. The van der Waals surface area contributed by atoms with Crippen LogP contribution in [0.3, 0.4) is 0 Å². The Hall–Kier alpha value is -1.71. The van der Waals surface area contributed by atoms with Crippen LogP contribution >= 0.6 is 0 Å². The van der Waals surface area contributed by atoms with Crippen molar-refractivity contribution in [2.24, 2.45) is 16.2 Å². The maximum absolute atomic E-state index is 12.8. The summed E-state index contributed by atoms with van der Waals surface area (Å²) in [5.41, 5.74) is -4.09. The highest BCUT2D eigenvalue weighted by atomic mass is 16.6. The van der Waals surface area contributed by atoms with E-state index in [1.807, 2.05) is 0 Å². The zero-order chi connectivity index (χ0) is 25.8. The third kappa shape index (κ3) is 6.98. The van der Waals surface area contributed by atoms with Crippen LogP contribution in [0, 0.1) is 16.2 Å². The molecular weight excluding hydrogens is 468 g/mol. The smallest absolute Gasteiger partial charge is 0.309 e. The Balaban J connectivity index is 1.55. The molecule has 0 aromatic carbocycles. The number of epoxide rings is 3. The summed E-state index contributed by atoms with van der Waals surface area (Å²) < 4.78 is 15.8. The number of aliphatic carboxylic acids is 3. The standard InChI is InChI=1S/C27H42O9/c28-22(29)25(10-4-1-7-19-13-34-19)16-26(23(30)31,11-5-2-8-20-14-35-20)18-27(17-25,24(32)33)12-6-3-9-21-15-36-21/h19-21H,1-18H2,(H,28,29)(H,30,31)(H,32,33). The summed E-state index contributed by atoms with van der Waals surface area (Å²) in [4.78, 5) is 38.5. The number of carboxylic acid groups (broad SMARTS) is 3. The van der Waals surface area contributed by atoms with Gasteiger partial charge in [0.15, 0.2) is 0 Å². The molecule has 0 aromatic heterocycles. The molecule has 36 heavy (non-hydrogen) atoms. The molecule has 0 bridgehead atoms. The normalized spacial score (nSPS) is 36.8. The molecule has 4 rings (SSSR count). The van der Waals surface area contributed by atoms with Gasteiger partial charge in [0.2, 0.25) is 0 Å². The van der Waals surface area contributed by atoms with Crippen molar-refractivity contribution in [2.75, 3.05) is 19.8 Å². The van der Waals surface area contributed by atoms with Crippen LogP contribution in [0.1, 0.15) is 96.3 Å². The molecule has 3 heterocycles. The Bertz CT molecular complexity index is 686. The fourth-order valence-corrected chi connectivity index (χ4v) is 6.65. The minimum atomic E-state index is -1.36. The SMILES string of the molecule is O=C(O)C1(CCCCC2CO2)CC(CCCCC2CO2)(C(=O)O)CC(CCCCC2CO2)(C(=O)O)C1. The predicted octanol–water partition coefficient (Wildman–Crippen LogP) is 4.26. The van der Waals surface area contributed by atoms with E-state index < -0.39 is 34.2 Å². The van der Waals surface area contributed by atoms with Gasteiger partial charge in [-0.05, 0) is 57.8 Å². The van der Waals surface area contributed by atoms with Crippen LogP contribution in [0.25, 0.3) is 0 Å². The molecule has 9 nitrogen and oxygen atoms in total. The second-order valence-electron chi connectivity index (χ2n) is 11.9. The highest BCUT2D eigenvalue weighted by molar-refractivity contribution is 5.84. The first kappa shape index (κ1) is 27.3. The lowest BCUT2D eigenvalue weighted by Crippen LogP contribution is -2.55. The van der Waals surface area contributed by atoms with E-state index >= 15 is 0 Å². The maximum Gasteiger partial charge on any atom is 0.309 e. The molecule has 3 unspecified atom stereocenters. The third-order valence-corrected chi connectivity index (χ3v) is 8.89. The van der Waals surface area contributed by atoms with Gasteiger partial charge in [-0.1, -0.05) is 38.5 Å². The van der Waals surface area contributed by atoms with Crippen molar-refractivity contribution in [3.05, 3.63) is 0 Å². The van der Waals surface area contributed by atoms with E-state index in [1.54, 1.807) is 0 Å². The molecule has 4 fully saturated rings. The van der Waals surface area contributed by atoms with Gasteiger partial charge in [-0.3, -0.25) is 14.4 Å². The fraction of sp³-hybridized carbons (Fsp3) is 0.889. The molecule has 9 heteroatoms. The largest absolute Gasteiger partial charge is 0.481 e. The van der Waals surface area contributed by atoms with Crippen molar-refractivity contribution in [1.29, 1.82) is 0 Å². The minimum Gasteiger partial charge on any atom is -0.481 e. The van der Waals surface area contributed by atoms with E-state index in [1.165, 1.54) is 0 Å². The van der Waals surface area contributed by atoms with E-state index in [-0.39, 0.29) is 37.6 Å². The molecule has 1 saturated carbocycles. The third-order valence-electron chi connectivity index (χ3n) is 8.89. The summed E-state index contributed by atoms with van der Waals surface area (Å²) in [5.74, 6) is -3.17. The average Bonchev–Trinajstić information content (AvgIpc) is 3.68. The molecule has 3 aliphatic heterocycles. The lowest BCUT2D eigenvalue weighted by atomic mass is 9.49. The molecule has 3 N–H and O–H groups in total. The fourth-order valence-electron chi connectivity index (χ4n) is 6.65. The van der Waals surface area contributed by atoms with Gasteiger partial charge in [0, 0.05) is 0 Å². The first-order chi connectivity index (χ1) is 17.2. The van der Waals surface area contributed by atoms with Crippen LogP contribution in [0.2, 0.25) is 0 Å². The van der Waals surface area contributed by atoms with Crippen molar-refractivity contribution < 1.29 is 43.9 Å². The van der Waals surface area contributed by atoms with Crippen molar-refractivity contribution in [1.82, 2.24) is 0 Å². The van der Waals surface area contributed by atoms with Crippen LogP contribution in [-0.4, -0.2) is 71.4 Å². The van der Waals surface area contributed by atoms with Crippen LogP contribution in [0.4, 0.5) is 0 Å². The molecule has 0 aromatic rings. The zero-order valence-corrected chi connectivity index (χ0v) is 21.3. The van der Waals surface area contributed by atoms with Gasteiger partial charge in [-0.2, -0.15) is 0 Å².